The SMILES string of the molecule is CCN(CC)CCNC(C#N)c1ccc(F)c(Cl)c1. The van der Waals surface area contributed by atoms with Gasteiger partial charge in [-0.2, -0.15) is 5.26 Å². The Morgan fingerprint density at radius 2 is 2.11 bits per heavy atom. The number of nitrogens with one attached hydrogen (secondary N) is 1. The number of nitrogens with zero attached hydrogens (tertiary/aromatic N) is 2. The lowest BCUT2D eigenvalue weighted by molar-refractivity contribution is 0.300. The van der Waals surface area contributed by atoms with E-state index in [1.165, 1.54) is 12.1 Å². The number of hydrogen-bond donors (Lipinski definition) is 1. The first-order chi connectivity index (χ1) is 9.12. The molecule has 1 atom stereocenters. The second kappa shape index (κ2) is 8.11. The fraction of sp³-hybridized carbons (Fsp3) is 0.500. The summed E-state index contributed by atoms with van der Waals surface area (Å²) < 4.78 is 13.1. The third kappa shape index (κ3) is 4.79. The molecular weight excluding hydrogens is 265 g/mol. The van der Waals surface area contributed by atoms with Gasteiger partial charge in [0.2, 0.25) is 0 Å². The standard InChI is InChI=1S/C14H19ClFN3/c1-3-19(4-2)8-7-18-14(10-17)11-5-6-13(16)12(15)9-11/h5-6,9,14,18H,3-4,7-8H2,1-2H3. The predicted octanol–water partition coefficient (Wildman–Crippen LogP) is 2.98. The van der Waals surface area contributed by atoms with Crippen molar-refractivity contribution in [3.05, 3.63) is 34.6 Å². The maximum absolute atomic E-state index is 13.1. The van der Waals surface area contributed by atoms with Crippen molar-refractivity contribution in [2.75, 3.05) is 26.2 Å². The Bertz CT molecular complexity index is 441. The molecule has 5 heteroatoms. The number of rotatable bonds is 7. The van der Waals surface area contributed by atoms with Gasteiger partial charge in [-0.05, 0) is 30.8 Å². The second-order valence-electron chi connectivity index (χ2n) is 4.22. The van der Waals surface area contributed by atoms with Crippen LogP contribution in [-0.2, 0) is 0 Å². The van der Waals surface area contributed by atoms with E-state index in [-0.39, 0.29) is 5.02 Å². The molecule has 0 bridgehead atoms. The molecule has 1 aromatic carbocycles. The largest absolute Gasteiger partial charge is 0.303 e. The Kier molecular flexibility index (Phi) is 6.79. The molecule has 1 aromatic rings. The predicted molar refractivity (Wildman–Crippen MR) is 75.6 cm³/mol. The molecule has 1 N–H and O–H groups in total. The topological polar surface area (TPSA) is 39.1 Å². The van der Waals surface area contributed by atoms with Crippen LogP contribution in [0.4, 0.5) is 4.39 Å². The molecule has 1 rings (SSSR count). The van der Waals surface area contributed by atoms with Gasteiger partial charge in [0.15, 0.2) is 0 Å². The molecule has 0 fully saturated rings. The van der Waals surface area contributed by atoms with Crippen molar-refractivity contribution >= 4 is 11.6 Å². The van der Waals surface area contributed by atoms with Gasteiger partial charge in [-0.3, -0.25) is 5.32 Å². The van der Waals surface area contributed by atoms with Gasteiger partial charge in [0, 0.05) is 13.1 Å². The van der Waals surface area contributed by atoms with Crippen molar-refractivity contribution < 1.29 is 4.39 Å². The minimum Gasteiger partial charge on any atom is -0.303 e. The van der Waals surface area contributed by atoms with Crippen molar-refractivity contribution in [2.24, 2.45) is 0 Å². The van der Waals surface area contributed by atoms with Crippen LogP contribution in [0, 0.1) is 17.1 Å². The van der Waals surface area contributed by atoms with Crippen LogP contribution in [0.2, 0.25) is 5.02 Å². The van der Waals surface area contributed by atoms with Crippen LogP contribution in [-0.4, -0.2) is 31.1 Å². The summed E-state index contributed by atoms with van der Waals surface area (Å²) in [6.45, 7) is 7.75. The van der Waals surface area contributed by atoms with E-state index in [4.69, 9.17) is 16.9 Å². The Balaban J connectivity index is 2.59. The van der Waals surface area contributed by atoms with Gasteiger partial charge in [-0.25, -0.2) is 4.39 Å². The van der Waals surface area contributed by atoms with Crippen LogP contribution < -0.4 is 5.32 Å². The minimum absolute atomic E-state index is 0.0447. The van der Waals surface area contributed by atoms with Crippen LogP contribution in [0.3, 0.4) is 0 Å². The molecule has 0 heterocycles. The maximum atomic E-state index is 13.1. The first kappa shape index (κ1) is 15.9. The summed E-state index contributed by atoms with van der Waals surface area (Å²) in [5.74, 6) is -0.467. The molecule has 0 amide bonds. The molecule has 0 aliphatic rings. The number of halogens is 2. The van der Waals surface area contributed by atoms with Crippen molar-refractivity contribution in [2.45, 2.75) is 19.9 Å². The number of nitriles is 1. The van der Waals surface area contributed by atoms with Gasteiger partial charge in [0.05, 0.1) is 11.1 Å². The Morgan fingerprint density at radius 1 is 1.42 bits per heavy atom. The molecule has 0 spiro atoms. The van der Waals surface area contributed by atoms with E-state index < -0.39 is 11.9 Å². The van der Waals surface area contributed by atoms with Crippen molar-refractivity contribution in [1.29, 1.82) is 5.26 Å². The third-order valence-corrected chi connectivity index (χ3v) is 3.37. The summed E-state index contributed by atoms with van der Waals surface area (Å²) in [5, 5.41) is 12.3. The van der Waals surface area contributed by atoms with Crippen LogP contribution in [0.25, 0.3) is 0 Å². The third-order valence-electron chi connectivity index (χ3n) is 3.08. The Labute approximate surface area is 119 Å². The van der Waals surface area contributed by atoms with E-state index in [0.29, 0.717) is 12.1 Å². The molecule has 0 aliphatic carbocycles. The summed E-state index contributed by atoms with van der Waals surface area (Å²) in [4.78, 5) is 2.26. The summed E-state index contributed by atoms with van der Waals surface area (Å²) >= 11 is 5.72. The lowest BCUT2D eigenvalue weighted by atomic mass is 10.1. The lowest BCUT2D eigenvalue weighted by Gasteiger charge is -2.19. The van der Waals surface area contributed by atoms with Crippen molar-refractivity contribution in [3.8, 4) is 6.07 Å². The number of benzene rings is 1. The zero-order chi connectivity index (χ0) is 14.3. The van der Waals surface area contributed by atoms with E-state index in [9.17, 15) is 4.39 Å². The first-order valence-corrected chi connectivity index (χ1v) is 6.80. The average molecular weight is 284 g/mol. The smallest absolute Gasteiger partial charge is 0.141 e. The lowest BCUT2D eigenvalue weighted by Crippen LogP contribution is -2.33. The normalized spacial score (nSPS) is 12.4. The highest BCUT2D eigenvalue weighted by Gasteiger charge is 2.12. The van der Waals surface area contributed by atoms with Gasteiger partial charge in [-0.1, -0.05) is 31.5 Å². The highest BCUT2D eigenvalue weighted by atomic mass is 35.5. The fourth-order valence-corrected chi connectivity index (χ4v) is 2.03. The number of likely N-dealkylation sites (N-methyl/N-ethyl adjacent to an activating group) is 1. The number of hydrogen-bond acceptors (Lipinski definition) is 3. The molecule has 0 aliphatic heterocycles. The zero-order valence-electron chi connectivity index (χ0n) is 11.3. The molecule has 19 heavy (non-hydrogen) atoms. The van der Waals surface area contributed by atoms with Gasteiger partial charge < -0.3 is 4.90 Å². The van der Waals surface area contributed by atoms with Crippen LogP contribution in [0.15, 0.2) is 18.2 Å². The van der Waals surface area contributed by atoms with Gasteiger partial charge in [0.1, 0.15) is 11.9 Å². The Hall–Kier alpha value is -1.15. The van der Waals surface area contributed by atoms with Crippen LogP contribution in [0.5, 0.6) is 0 Å². The molecular formula is C14H19ClFN3. The second-order valence-corrected chi connectivity index (χ2v) is 4.62. The van der Waals surface area contributed by atoms with Gasteiger partial charge >= 0.3 is 0 Å². The van der Waals surface area contributed by atoms with E-state index in [1.807, 2.05) is 0 Å². The molecule has 0 aromatic heterocycles. The van der Waals surface area contributed by atoms with E-state index in [2.05, 4.69) is 30.1 Å². The van der Waals surface area contributed by atoms with E-state index >= 15 is 0 Å². The van der Waals surface area contributed by atoms with E-state index in [1.54, 1.807) is 6.07 Å². The zero-order valence-corrected chi connectivity index (χ0v) is 12.0. The summed E-state index contributed by atoms with van der Waals surface area (Å²) in [7, 11) is 0. The summed E-state index contributed by atoms with van der Waals surface area (Å²) in [5.41, 5.74) is 0.688. The molecule has 0 saturated carbocycles. The summed E-state index contributed by atoms with van der Waals surface area (Å²) in [6, 6.07) is 6.06. The van der Waals surface area contributed by atoms with E-state index in [0.717, 1.165) is 19.6 Å². The van der Waals surface area contributed by atoms with Gasteiger partial charge in [-0.15, -0.1) is 0 Å². The van der Waals surface area contributed by atoms with Crippen LogP contribution in [0.1, 0.15) is 25.5 Å². The molecule has 0 radical (unpaired) electrons. The first-order valence-electron chi connectivity index (χ1n) is 6.42. The quantitative estimate of drug-likeness (QED) is 0.836. The summed E-state index contributed by atoms with van der Waals surface area (Å²) in [6.07, 6.45) is 0. The molecule has 0 saturated heterocycles. The van der Waals surface area contributed by atoms with Crippen molar-refractivity contribution in [3.63, 3.8) is 0 Å². The van der Waals surface area contributed by atoms with Gasteiger partial charge in [0.25, 0.3) is 0 Å². The Morgan fingerprint density at radius 3 is 2.63 bits per heavy atom. The average Bonchev–Trinajstić information content (AvgIpc) is 2.42. The van der Waals surface area contributed by atoms with Crippen LogP contribution >= 0.6 is 11.6 Å². The molecule has 104 valence electrons. The minimum atomic E-state index is -0.467. The fourth-order valence-electron chi connectivity index (χ4n) is 1.84. The maximum Gasteiger partial charge on any atom is 0.141 e. The molecule has 1 unspecified atom stereocenters. The monoisotopic (exact) mass is 283 g/mol. The highest BCUT2D eigenvalue weighted by Crippen LogP contribution is 2.20. The molecule has 3 nitrogen and oxygen atoms in total. The highest BCUT2D eigenvalue weighted by molar-refractivity contribution is 6.30. The van der Waals surface area contributed by atoms with Crippen molar-refractivity contribution in [1.82, 2.24) is 10.2 Å².